The molecule has 0 spiro atoms. The SMILES string of the molecule is CC(C)(N)C(=O)N[C@H](COCc1ccccc1)c1nnnn1CCCC(=O)NCCc1c[nH]c2ccccc12.O=C(O)C(F)(F)F. The van der Waals surface area contributed by atoms with Gasteiger partial charge in [-0.3, -0.25) is 9.59 Å². The second-order valence-corrected chi connectivity index (χ2v) is 10.9. The predicted molar refractivity (Wildman–Crippen MR) is 161 cm³/mol. The molecule has 13 nitrogen and oxygen atoms in total. The number of nitrogens with zero attached hydrogens (tertiary/aromatic N) is 4. The molecule has 2 aromatic heterocycles. The summed E-state index contributed by atoms with van der Waals surface area (Å²) in [6.07, 6.45) is -1.50. The second-order valence-electron chi connectivity index (χ2n) is 10.9. The highest BCUT2D eigenvalue weighted by atomic mass is 19.4. The number of carbonyl (C=O) groups excluding carboxylic acids is 2. The molecular weight excluding hydrogens is 609 g/mol. The maximum atomic E-state index is 12.7. The lowest BCUT2D eigenvalue weighted by Gasteiger charge is -2.23. The Morgan fingerprint density at radius 2 is 1.76 bits per heavy atom. The Hall–Kier alpha value is -4.83. The molecule has 0 bridgehead atoms. The zero-order chi connectivity index (χ0) is 33.7. The summed E-state index contributed by atoms with van der Waals surface area (Å²) in [5, 5.41) is 26.2. The fourth-order valence-electron chi connectivity index (χ4n) is 4.17. The molecule has 248 valence electrons. The third-order valence-corrected chi connectivity index (χ3v) is 6.57. The van der Waals surface area contributed by atoms with Gasteiger partial charge in [0.25, 0.3) is 0 Å². The first-order valence-electron chi connectivity index (χ1n) is 14.3. The van der Waals surface area contributed by atoms with Gasteiger partial charge in [-0.1, -0.05) is 48.5 Å². The number of aliphatic carboxylic acids is 1. The number of ether oxygens (including phenoxy) is 1. The number of benzene rings is 2. The third kappa shape index (κ3) is 11.3. The molecule has 0 aliphatic carbocycles. The lowest BCUT2D eigenvalue weighted by Crippen LogP contribution is -2.51. The van der Waals surface area contributed by atoms with E-state index in [1.54, 1.807) is 18.5 Å². The Labute approximate surface area is 262 Å². The van der Waals surface area contributed by atoms with Crippen molar-refractivity contribution in [2.75, 3.05) is 13.2 Å². The maximum Gasteiger partial charge on any atom is 0.490 e. The molecule has 2 amide bonds. The summed E-state index contributed by atoms with van der Waals surface area (Å²) in [7, 11) is 0. The summed E-state index contributed by atoms with van der Waals surface area (Å²) in [5.41, 5.74) is 8.18. The first kappa shape index (κ1) is 35.6. The van der Waals surface area contributed by atoms with Crippen molar-refractivity contribution in [3.05, 3.63) is 77.7 Å². The molecule has 0 fully saturated rings. The summed E-state index contributed by atoms with van der Waals surface area (Å²) < 4.78 is 39.2. The van der Waals surface area contributed by atoms with Crippen LogP contribution in [-0.2, 0) is 38.7 Å². The summed E-state index contributed by atoms with van der Waals surface area (Å²) in [4.78, 5) is 37.2. The molecule has 0 saturated carbocycles. The van der Waals surface area contributed by atoms with Gasteiger partial charge in [-0.05, 0) is 54.3 Å². The Kier molecular flexibility index (Phi) is 12.8. The average Bonchev–Trinajstić information content (AvgIpc) is 3.64. The maximum absolute atomic E-state index is 12.7. The van der Waals surface area contributed by atoms with E-state index in [-0.39, 0.29) is 18.4 Å². The molecule has 16 heteroatoms. The van der Waals surface area contributed by atoms with E-state index in [9.17, 15) is 22.8 Å². The van der Waals surface area contributed by atoms with Crippen LogP contribution >= 0.6 is 0 Å². The van der Waals surface area contributed by atoms with Gasteiger partial charge in [-0.15, -0.1) is 5.10 Å². The third-order valence-electron chi connectivity index (χ3n) is 6.57. The number of aromatic nitrogens is 5. The summed E-state index contributed by atoms with van der Waals surface area (Å²) in [5.74, 6) is -2.70. The van der Waals surface area contributed by atoms with Crippen molar-refractivity contribution in [1.82, 2.24) is 35.8 Å². The normalized spacial score (nSPS) is 12.2. The lowest BCUT2D eigenvalue weighted by molar-refractivity contribution is -0.192. The van der Waals surface area contributed by atoms with Crippen LogP contribution in [0.3, 0.4) is 0 Å². The molecule has 46 heavy (non-hydrogen) atoms. The van der Waals surface area contributed by atoms with Crippen LogP contribution in [0.4, 0.5) is 13.2 Å². The number of H-pyrrole nitrogens is 1. The number of carboxylic acid groups (broad SMARTS) is 1. The summed E-state index contributed by atoms with van der Waals surface area (Å²) in [6.45, 7) is 4.76. The molecular formula is C30H37F3N8O5. The van der Waals surface area contributed by atoms with Crippen molar-refractivity contribution >= 4 is 28.7 Å². The highest BCUT2D eigenvalue weighted by Gasteiger charge is 2.38. The van der Waals surface area contributed by atoms with Crippen LogP contribution in [0.25, 0.3) is 10.9 Å². The number of nitrogens with one attached hydrogen (secondary N) is 3. The van der Waals surface area contributed by atoms with Gasteiger partial charge < -0.3 is 31.2 Å². The van der Waals surface area contributed by atoms with Crippen LogP contribution in [-0.4, -0.2) is 72.9 Å². The van der Waals surface area contributed by atoms with Crippen molar-refractivity contribution in [2.24, 2.45) is 5.73 Å². The van der Waals surface area contributed by atoms with Gasteiger partial charge in [0, 0.05) is 36.6 Å². The Bertz CT molecular complexity index is 1570. The Morgan fingerprint density at radius 3 is 2.43 bits per heavy atom. The van der Waals surface area contributed by atoms with Gasteiger partial charge in [0.05, 0.1) is 18.8 Å². The van der Waals surface area contributed by atoms with Gasteiger partial charge in [0.2, 0.25) is 11.8 Å². The predicted octanol–water partition coefficient (Wildman–Crippen LogP) is 3.04. The van der Waals surface area contributed by atoms with Gasteiger partial charge in [0.15, 0.2) is 5.82 Å². The van der Waals surface area contributed by atoms with Crippen LogP contribution in [0.15, 0.2) is 60.8 Å². The van der Waals surface area contributed by atoms with E-state index < -0.39 is 23.7 Å². The summed E-state index contributed by atoms with van der Waals surface area (Å²) in [6, 6.07) is 17.2. The molecule has 4 aromatic rings. The number of fused-ring (bicyclic) bond motifs is 1. The summed E-state index contributed by atoms with van der Waals surface area (Å²) >= 11 is 0. The van der Waals surface area contributed by atoms with Gasteiger partial charge in [-0.2, -0.15) is 13.2 Å². The van der Waals surface area contributed by atoms with Gasteiger partial charge >= 0.3 is 12.1 Å². The van der Waals surface area contributed by atoms with E-state index in [2.05, 4.69) is 37.2 Å². The minimum atomic E-state index is -5.08. The van der Waals surface area contributed by atoms with Crippen molar-refractivity contribution in [1.29, 1.82) is 0 Å². The van der Waals surface area contributed by atoms with E-state index in [1.165, 1.54) is 10.9 Å². The molecule has 0 radical (unpaired) electrons. The van der Waals surface area contributed by atoms with E-state index in [1.807, 2.05) is 54.7 Å². The molecule has 4 rings (SSSR count). The van der Waals surface area contributed by atoms with E-state index in [0.717, 1.165) is 17.5 Å². The zero-order valence-corrected chi connectivity index (χ0v) is 25.4. The van der Waals surface area contributed by atoms with E-state index in [4.69, 9.17) is 20.4 Å². The number of aromatic amines is 1. The van der Waals surface area contributed by atoms with Crippen molar-refractivity contribution in [2.45, 2.75) is 64.0 Å². The van der Waals surface area contributed by atoms with Gasteiger partial charge in [-0.25, -0.2) is 9.48 Å². The lowest BCUT2D eigenvalue weighted by atomic mass is 10.1. The minimum Gasteiger partial charge on any atom is -0.475 e. The number of hydrogen-bond acceptors (Lipinski definition) is 8. The molecule has 2 heterocycles. The van der Waals surface area contributed by atoms with E-state index >= 15 is 0 Å². The fourth-order valence-corrected chi connectivity index (χ4v) is 4.17. The Morgan fingerprint density at radius 1 is 1.09 bits per heavy atom. The quantitative estimate of drug-likeness (QED) is 0.137. The molecule has 2 aromatic carbocycles. The number of carboxylic acids is 1. The van der Waals surface area contributed by atoms with E-state index in [0.29, 0.717) is 38.4 Å². The number of amides is 2. The first-order valence-corrected chi connectivity index (χ1v) is 14.3. The monoisotopic (exact) mass is 646 g/mol. The topological polar surface area (TPSA) is 190 Å². The number of carbonyl (C=O) groups is 3. The highest BCUT2D eigenvalue weighted by molar-refractivity contribution is 5.85. The zero-order valence-electron chi connectivity index (χ0n) is 25.4. The van der Waals surface area contributed by atoms with Gasteiger partial charge in [0.1, 0.15) is 6.04 Å². The van der Waals surface area contributed by atoms with Crippen LogP contribution in [0.2, 0.25) is 0 Å². The molecule has 0 unspecified atom stereocenters. The smallest absolute Gasteiger partial charge is 0.475 e. The number of aryl methyl sites for hydroxylation is 1. The van der Waals surface area contributed by atoms with Crippen molar-refractivity contribution in [3.63, 3.8) is 0 Å². The number of alkyl halides is 3. The molecule has 0 aliphatic heterocycles. The van der Waals surface area contributed by atoms with Crippen LogP contribution in [0.5, 0.6) is 0 Å². The standard InChI is InChI=1S/C28H36N8O3.C2HF3O2/c1-28(2,29)27(38)32-24(19-39-18-20-9-4-3-5-10-20)26-33-34-35-36(26)16-8-13-25(37)30-15-14-21-17-31-23-12-7-6-11-22(21)23;3-2(4,5)1(6)7/h3-7,9-12,17,24,31H,8,13-16,18-19,29H2,1-2H3,(H,30,37)(H,32,38);(H,6,7)/t24-;/m1./s1. The highest BCUT2D eigenvalue weighted by Crippen LogP contribution is 2.18. The largest absolute Gasteiger partial charge is 0.490 e. The van der Waals surface area contributed by atoms with Crippen molar-refractivity contribution in [3.8, 4) is 0 Å². The minimum absolute atomic E-state index is 0.0367. The number of halogens is 3. The molecule has 1 atom stereocenters. The number of rotatable bonds is 14. The number of hydrogen-bond donors (Lipinski definition) is 5. The number of para-hydroxylation sites is 1. The second kappa shape index (κ2) is 16.5. The number of nitrogens with two attached hydrogens (primary N) is 1. The fraction of sp³-hybridized carbons (Fsp3) is 0.400. The average molecular weight is 647 g/mol. The van der Waals surface area contributed by atoms with Crippen LogP contribution < -0.4 is 16.4 Å². The van der Waals surface area contributed by atoms with Crippen LogP contribution in [0, 0.1) is 0 Å². The molecule has 6 N–H and O–H groups in total. The number of tetrazole rings is 1. The Balaban J connectivity index is 0.000000738. The van der Waals surface area contributed by atoms with Crippen molar-refractivity contribution < 1.29 is 37.4 Å². The first-order chi connectivity index (χ1) is 21.8. The molecule has 0 saturated heterocycles. The van der Waals surface area contributed by atoms with Crippen LogP contribution in [0.1, 0.15) is 49.7 Å². The molecule has 0 aliphatic rings.